The molecular formula is C140H160N4. The molecule has 6 aliphatic carbocycles. The van der Waals surface area contributed by atoms with Crippen molar-refractivity contribution in [1.82, 2.24) is 0 Å². The molecule has 4 heteroatoms. The third-order valence-corrected chi connectivity index (χ3v) is 32.3. The Hall–Kier alpha value is -12.5. The van der Waals surface area contributed by atoms with Crippen molar-refractivity contribution in [3.05, 3.63) is 406 Å². The van der Waals surface area contributed by atoms with Gasteiger partial charge in [0.15, 0.2) is 0 Å². The van der Waals surface area contributed by atoms with Crippen LogP contribution in [0.15, 0.2) is 334 Å². The number of hydrogen-bond donors (Lipinski definition) is 0. The van der Waals surface area contributed by atoms with E-state index in [9.17, 15) is 4.11 Å². The first-order chi connectivity index (χ1) is 70.8. The van der Waals surface area contributed by atoms with Crippen LogP contribution in [0, 0.1) is 17.7 Å². The molecule has 2 fully saturated rings. The fraction of sp³-hybridized carbons (Fsp3) is 0.357. The first-order valence-electron chi connectivity index (χ1n) is 56.7. The van der Waals surface area contributed by atoms with E-state index in [0.717, 1.165) is 136 Å². The van der Waals surface area contributed by atoms with Crippen molar-refractivity contribution in [1.29, 1.82) is 0 Å². The quantitative estimate of drug-likeness (QED) is 0.101. The second-order valence-electron chi connectivity index (χ2n) is 49.4. The molecule has 15 aromatic rings. The second kappa shape index (κ2) is 38.8. The number of anilines is 8. The SMILES string of the molecule is [2H]C(C)(C)c1cc2c(cc1N(c1ccccc1-c1ccccc1)C(C)(C)C)C(C)(C)c1ccccc1-2.[2H]C(C)c1cc2c(cc1N(c1ccccc1-c1ccccc1)C(C)(C)C)C(C)(C)c1ccccc1-2.[2H]C([2H])([2H])c1cc2c(cc1N(c1ccccc1-c1ccccc1)C(C)(C)C)C(C)(C)c1ccccc1-2.[2H]C1(c2ccccc2N(c2cc3c(cc2C2([2H])CCC(C)(C)CC2)-c2ccccc2C3(C)C)C(C)(C)C)CCC(C)(C)CC1. The summed E-state index contributed by atoms with van der Waals surface area (Å²) in [5.41, 5.74) is 39.8. The van der Waals surface area contributed by atoms with Gasteiger partial charge in [0, 0.05) is 116 Å². The maximum Gasteiger partial charge on any atom is 0.0495 e. The Morgan fingerprint density at radius 2 is 0.549 bits per heavy atom. The van der Waals surface area contributed by atoms with Crippen LogP contribution < -0.4 is 19.6 Å². The van der Waals surface area contributed by atoms with Gasteiger partial charge in [-0.25, -0.2) is 0 Å². The molecular weight excluding hydrogens is 1740 g/mol. The summed E-state index contributed by atoms with van der Waals surface area (Å²) in [5.74, 6) is -2.04. The molecule has 0 N–H and O–H groups in total. The van der Waals surface area contributed by atoms with E-state index < -0.39 is 24.5 Å². The summed E-state index contributed by atoms with van der Waals surface area (Å²) in [4.78, 5) is 9.66. The summed E-state index contributed by atoms with van der Waals surface area (Å²) in [6.45, 7) is 58.6. The van der Waals surface area contributed by atoms with Crippen molar-refractivity contribution in [2.75, 3.05) is 19.6 Å². The maximum atomic E-state index is 10.2. The third kappa shape index (κ3) is 19.2. The van der Waals surface area contributed by atoms with Gasteiger partial charge in [-0.3, -0.25) is 0 Å². The highest BCUT2D eigenvalue weighted by atomic mass is 15.2. The van der Waals surface area contributed by atoms with Crippen LogP contribution in [-0.4, -0.2) is 22.2 Å². The van der Waals surface area contributed by atoms with E-state index in [-0.39, 0.29) is 55.6 Å². The first kappa shape index (κ1) is 92.6. The predicted molar refractivity (Wildman–Crippen MR) is 624 cm³/mol. The van der Waals surface area contributed by atoms with Gasteiger partial charge in [-0.1, -0.05) is 365 Å². The smallest absolute Gasteiger partial charge is 0.0495 e. The van der Waals surface area contributed by atoms with Gasteiger partial charge in [0.05, 0.1) is 0 Å². The summed E-state index contributed by atoms with van der Waals surface area (Å²) >= 11 is 0. The largest absolute Gasteiger partial charge is 0.336 e. The van der Waals surface area contributed by atoms with Crippen LogP contribution >= 0.6 is 0 Å². The van der Waals surface area contributed by atoms with Gasteiger partial charge >= 0.3 is 0 Å². The lowest BCUT2D eigenvalue weighted by Crippen LogP contribution is -2.39. The van der Waals surface area contributed by atoms with Gasteiger partial charge in [-0.2, -0.15) is 0 Å². The van der Waals surface area contributed by atoms with Crippen molar-refractivity contribution in [3.8, 4) is 77.9 Å². The maximum absolute atomic E-state index is 10.2. The van der Waals surface area contributed by atoms with Gasteiger partial charge in [-0.05, 0) is 383 Å². The minimum absolute atomic E-state index is 0.0903. The summed E-state index contributed by atoms with van der Waals surface area (Å²) in [6.07, 6.45) is 7.42. The van der Waals surface area contributed by atoms with Crippen molar-refractivity contribution in [2.24, 2.45) is 10.8 Å². The number of nitrogens with zero attached hydrogens (tertiary/aromatic N) is 4. The highest BCUT2D eigenvalue weighted by molar-refractivity contribution is 5.94. The fourth-order valence-corrected chi connectivity index (χ4v) is 24.6. The van der Waals surface area contributed by atoms with E-state index in [4.69, 9.17) is 5.48 Å². The monoisotopic (exact) mass is 1900 g/mol. The van der Waals surface area contributed by atoms with Crippen LogP contribution in [-0.2, 0) is 28.1 Å². The Labute approximate surface area is 876 Å². The molecule has 1 unspecified atom stereocenters. The van der Waals surface area contributed by atoms with E-state index >= 15 is 0 Å². The van der Waals surface area contributed by atoms with E-state index in [0.29, 0.717) is 11.0 Å². The summed E-state index contributed by atoms with van der Waals surface area (Å²) in [6, 6.07) is 119. The Morgan fingerprint density at radius 1 is 0.278 bits per heavy atom. The number of para-hydroxylation sites is 4. The number of hydrogen-bond acceptors (Lipinski definition) is 4. The highest BCUT2D eigenvalue weighted by Gasteiger charge is 2.46. The predicted octanol–water partition coefficient (Wildman–Crippen LogP) is 40.1. The third-order valence-electron chi connectivity index (χ3n) is 32.3. The lowest BCUT2D eigenvalue weighted by atomic mass is 9.70. The minimum Gasteiger partial charge on any atom is -0.336 e. The molecule has 740 valence electrons. The fourth-order valence-electron chi connectivity index (χ4n) is 24.6. The van der Waals surface area contributed by atoms with E-state index in [2.05, 4.69) is 477 Å². The summed E-state index contributed by atoms with van der Waals surface area (Å²) in [5, 5.41) is 0. The van der Waals surface area contributed by atoms with Crippen molar-refractivity contribution in [3.63, 3.8) is 0 Å². The van der Waals surface area contributed by atoms with Crippen LogP contribution in [0.1, 0.15) is 338 Å². The average molecular weight is 1910 g/mol. The van der Waals surface area contributed by atoms with Gasteiger partial charge in [0.2, 0.25) is 0 Å². The van der Waals surface area contributed by atoms with Crippen LogP contribution in [0.2, 0.25) is 0 Å². The van der Waals surface area contributed by atoms with Gasteiger partial charge < -0.3 is 19.6 Å². The van der Waals surface area contributed by atoms with Crippen molar-refractivity contribution >= 4 is 45.5 Å². The number of rotatable bonds is 15. The Morgan fingerprint density at radius 3 is 0.903 bits per heavy atom. The summed E-state index contributed by atoms with van der Waals surface area (Å²) < 4.78 is 63.7. The van der Waals surface area contributed by atoms with E-state index in [1.165, 1.54) is 106 Å². The zero-order valence-corrected chi connectivity index (χ0v) is 91.3. The van der Waals surface area contributed by atoms with Crippen LogP contribution in [0.5, 0.6) is 0 Å². The molecule has 1 atom stereocenters. The van der Waals surface area contributed by atoms with Gasteiger partial charge in [-0.15, -0.1) is 0 Å². The molecule has 0 radical (unpaired) electrons. The Bertz CT molecular complexity index is 7340. The van der Waals surface area contributed by atoms with Crippen LogP contribution in [0.4, 0.5) is 45.5 Å². The molecule has 0 aliphatic heterocycles. The van der Waals surface area contributed by atoms with Crippen molar-refractivity contribution in [2.45, 2.75) is 313 Å². The van der Waals surface area contributed by atoms with E-state index in [1.54, 1.807) is 0 Å². The molecule has 0 heterocycles. The van der Waals surface area contributed by atoms with Gasteiger partial charge in [0.1, 0.15) is 0 Å². The standard InChI is InChI=1S/C41H55N.C34H37N.C33H35N.C32H33N/c1-38(2,3)42(36-17-13-11-14-30(36)28-18-22-39(4,5)23-19-28)37-27-35-33(31-15-10-12-16-34(31)41(35,8)9)26-32(37)29-20-24-40(6,7)25-21-29;1-23(2)27-21-28-26-18-11-13-19-29(26)34(6,7)30(28)22-32(27)35(33(3,4)5)31-20-14-12-17-25(31)24-15-9-8-10-16-24;1-7-23-21-27-26-18-11-13-19-28(26)33(5,6)29(27)22-31(23)34(32(2,3)4)30-20-14-12-17-25(30)24-15-9-8-10-16-24;1-22-20-26-25-17-10-12-18-27(25)32(5,6)28(26)21-30(22)33(31(2,3)4)29-19-13-11-16-24(29)23-14-8-7-9-15-23/h10-17,26-29H,18-25H2,1-9H3;8-23H,1-7H3;8-22H,7H2,1-6H3;7-21H,1-6H3/i28D,29D;23D;7D;1D3. The van der Waals surface area contributed by atoms with Crippen LogP contribution in [0.3, 0.4) is 0 Å². The van der Waals surface area contributed by atoms with Crippen molar-refractivity contribution < 1.29 is 9.60 Å². The molecule has 0 bridgehead atoms. The Kier molecular flexibility index (Phi) is 25.0. The lowest BCUT2D eigenvalue weighted by molar-refractivity contribution is 0.224. The minimum atomic E-state index is -2.27. The number of fused-ring (bicyclic) bond motifs is 12. The average Bonchev–Trinajstić information content (AvgIpc) is 1.71. The zero-order valence-electron chi connectivity index (χ0n) is 98.3. The highest BCUT2D eigenvalue weighted by Crippen LogP contribution is 2.61. The second-order valence-corrected chi connectivity index (χ2v) is 49.4. The lowest BCUT2D eigenvalue weighted by Gasteiger charge is -2.44. The van der Waals surface area contributed by atoms with E-state index in [1.807, 2.05) is 63.2 Å². The van der Waals surface area contributed by atoms with Crippen LogP contribution in [0.25, 0.3) is 77.9 Å². The normalized spacial score (nSPS) is 17.7. The zero-order chi connectivity index (χ0) is 109. The first-order valence-corrected chi connectivity index (χ1v) is 53.1. The molecule has 15 aromatic carbocycles. The number of benzene rings is 15. The summed E-state index contributed by atoms with van der Waals surface area (Å²) in [7, 11) is 0. The topological polar surface area (TPSA) is 13.0 Å². The molecule has 0 amide bonds. The molecule has 0 saturated heterocycles. The molecule has 144 heavy (non-hydrogen) atoms. The molecule has 2 saturated carbocycles. The molecule has 6 aliphatic rings. The molecule has 0 aromatic heterocycles. The Balaban J connectivity index is 0.000000132. The van der Waals surface area contributed by atoms with Gasteiger partial charge in [0.25, 0.3) is 0 Å². The molecule has 21 rings (SSSR count). The number of aryl methyl sites for hydroxylation is 2. The molecule has 4 nitrogen and oxygen atoms in total. The molecule has 0 spiro atoms.